The van der Waals surface area contributed by atoms with E-state index in [2.05, 4.69) is 0 Å². The lowest BCUT2D eigenvalue weighted by molar-refractivity contribution is -0.143. The van der Waals surface area contributed by atoms with E-state index in [0.717, 1.165) is 12.1 Å². The van der Waals surface area contributed by atoms with Crippen LogP contribution in [0.1, 0.15) is 23.6 Å². The summed E-state index contributed by atoms with van der Waals surface area (Å²) < 4.78 is 74.1. The van der Waals surface area contributed by atoms with Crippen LogP contribution in [0.5, 0.6) is 0 Å². The van der Waals surface area contributed by atoms with Crippen molar-refractivity contribution in [3.05, 3.63) is 34.9 Å². The van der Waals surface area contributed by atoms with Gasteiger partial charge in [0.1, 0.15) is 0 Å². The summed E-state index contributed by atoms with van der Waals surface area (Å²) in [5, 5.41) is 0. The third kappa shape index (κ3) is 3.94. The monoisotopic (exact) mass is 256 g/mol. The van der Waals surface area contributed by atoms with Gasteiger partial charge in [-0.3, -0.25) is 0 Å². The summed E-state index contributed by atoms with van der Waals surface area (Å²) in [5.41, 5.74) is -1.57. The first-order chi connectivity index (χ1) is 7.63. The van der Waals surface area contributed by atoms with Crippen LogP contribution in [0, 0.1) is 0 Å². The molecule has 0 amide bonds. The SMILES string of the molecule is CCc1ccc(CC(F)(F)F)c(C(F)(F)F)c1. The van der Waals surface area contributed by atoms with Gasteiger partial charge in [-0.25, -0.2) is 0 Å². The maximum Gasteiger partial charge on any atom is 0.416 e. The Labute approximate surface area is 94.2 Å². The molecule has 1 aromatic rings. The van der Waals surface area contributed by atoms with Crippen molar-refractivity contribution >= 4 is 0 Å². The number of hydrogen-bond donors (Lipinski definition) is 0. The molecule has 0 radical (unpaired) electrons. The second-order valence-corrected chi connectivity index (χ2v) is 3.63. The van der Waals surface area contributed by atoms with E-state index in [1.165, 1.54) is 6.07 Å². The molecule has 0 heterocycles. The van der Waals surface area contributed by atoms with E-state index < -0.39 is 29.9 Å². The molecule has 0 aliphatic carbocycles. The minimum Gasteiger partial charge on any atom is -0.171 e. The Bertz CT molecular complexity index is 388. The third-order valence-electron chi connectivity index (χ3n) is 2.28. The van der Waals surface area contributed by atoms with E-state index in [1.54, 1.807) is 6.92 Å². The van der Waals surface area contributed by atoms with Crippen LogP contribution in [-0.4, -0.2) is 6.18 Å². The topological polar surface area (TPSA) is 0 Å². The minimum atomic E-state index is -4.76. The van der Waals surface area contributed by atoms with Gasteiger partial charge in [0.15, 0.2) is 0 Å². The number of halogens is 6. The predicted octanol–water partition coefficient (Wildman–Crippen LogP) is 4.37. The van der Waals surface area contributed by atoms with Gasteiger partial charge in [-0.2, -0.15) is 26.3 Å². The van der Waals surface area contributed by atoms with E-state index in [1.807, 2.05) is 0 Å². The molecule has 0 spiro atoms. The molecule has 1 rings (SSSR count). The third-order valence-corrected chi connectivity index (χ3v) is 2.28. The maximum atomic E-state index is 12.6. The fraction of sp³-hybridized carbons (Fsp3) is 0.455. The Balaban J connectivity index is 3.21. The molecule has 96 valence electrons. The van der Waals surface area contributed by atoms with Crippen LogP contribution < -0.4 is 0 Å². The van der Waals surface area contributed by atoms with Crippen LogP contribution in [0.25, 0.3) is 0 Å². The summed E-state index contributed by atoms with van der Waals surface area (Å²) in [4.78, 5) is 0. The second-order valence-electron chi connectivity index (χ2n) is 3.63. The molecular formula is C11H10F6. The molecule has 0 unspecified atom stereocenters. The van der Waals surface area contributed by atoms with Crippen LogP contribution in [0.3, 0.4) is 0 Å². The smallest absolute Gasteiger partial charge is 0.171 e. The number of hydrogen-bond acceptors (Lipinski definition) is 0. The molecule has 17 heavy (non-hydrogen) atoms. The molecule has 0 fully saturated rings. The van der Waals surface area contributed by atoms with Crippen molar-refractivity contribution in [1.29, 1.82) is 0 Å². The fourth-order valence-electron chi connectivity index (χ4n) is 1.48. The summed E-state index contributed by atoms with van der Waals surface area (Å²) in [6.07, 6.45) is -10.6. The fourth-order valence-corrected chi connectivity index (χ4v) is 1.48. The summed E-state index contributed by atoms with van der Waals surface area (Å²) in [7, 11) is 0. The molecule has 0 saturated heterocycles. The second kappa shape index (κ2) is 4.58. The zero-order chi connectivity index (χ0) is 13.3. The minimum absolute atomic E-state index is 0.343. The largest absolute Gasteiger partial charge is 0.416 e. The summed E-state index contributed by atoms with van der Waals surface area (Å²) in [5.74, 6) is 0. The number of aryl methyl sites for hydroxylation is 1. The van der Waals surface area contributed by atoms with Gasteiger partial charge in [-0.1, -0.05) is 19.1 Å². The molecule has 0 aliphatic rings. The van der Waals surface area contributed by atoms with Gasteiger partial charge in [0, 0.05) is 0 Å². The van der Waals surface area contributed by atoms with Crippen LogP contribution >= 0.6 is 0 Å². The molecule has 0 aliphatic heterocycles. The van der Waals surface area contributed by atoms with Gasteiger partial charge < -0.3 is 0 Å². The van der Waals surface area contributed by atoms with E-state index >= 15 is 0 Å². The first-order valence-corrected chi connectivity index (χ1v) is 4.89. The Hall–Kier alpha value is -1.20. The van der Waals surface area contributed by atoms with Crippen molar-refractivity contribution in [1.82, 2.24) is 0 Å². The van der Waals surface area contributed by atoms with Crippen LogP contribution in [0.4, 0.5) is 26.3 Å². The summed E-state index contributed by atoms with van der Waals surface area (Å²) in [6.45, 7) is 1.64. The average Bonchev–Trinajstić information content (AvgIpc) is 2.14. The highest BCUT2D eigenvalue weighted by Crippen LogP contribution is 2.35. The van der Waals surface area contributed by atoms with Crippen molar-refractivity contribution in [3.63, 3.8) is 0 Å². The summed E-state index contributed by atoms with van der Waals surface area (Å²) in [6, 6.07) is 2.96. The lowest BCUT2D eigenvalue weighted by Crippen LogP contribution is -2.17. The van der Waals surface area contributed by atoms with Gasteiger partial charge in [0.25, 0.3) is 0 Å². The van der Waals surface area contributed by atoms with Crippen LogP contribution in [0.15, 0.2) is 18.2 Å². The van der Waals surface area contributed by atoms with Gasteiger partial charge in [0.2, 0.25) is 0 Å². The normalized spacial score (nSPS) is 12.9. The maximum absolute atomic E-state index is 12.6. The van der Waals surface area contributed by atoms with Gasteiger partial charge in [0.05, 0.1) is 12.0 Å². The van der Waals surface area contributed by atoms with Crippen molar-refractivity contribution in [2.24, 2.45) is 0 Å². The lowest BCUT2D eigenvalue weighted by atomic mass is 10.00. The van der Waals surface area contributed by atoms with Crippen molar-refractivity contribution < 1.29 is 26.3 Å². The van der Waals surface area contributed by atoms with Crippen LogP contribution in [0.2, 0.25) is 0 Å². The highest BCUT2D eigenvalue weighted by atomic mass is 19.4. The van der Waals surface area contributed by atoms with Crippen molar-refractivity contribution in [2.75, 3.05) is 0 Å². The standard InChI is InChI=1S/C11H10F6/c1-2-7-3-4-8(6-10(12,13)14)9(5-7)11(15,16)17/h3-5H,2,6H2,1H3. The zero-order valence-corrected chi connectivity index (χ0v) is 8.91. The van der Waals surface area contributed by atoms with Gasteiger partial charge in [-0.05, 0) is 23.6 Å². The molecule has 1 aromatic carbocycles. The van der Waals surface area contributed by atoms with Crippen molar-refractivity contribution in [2.45, 2.75) is 32.1 Å². The van der Waals surface area contributed by atoms with Gasteiger partial charge in [-0.15, -0.1) is 0 Å². The molecular weight excluding hydrogens is 246 g/mol. The quantitative estimate of drug-likeness (QED) is 0.689. The molecule has 0 nitrogen and oxygen atoms in total. The van der Waals surface area contributed by atoms with Gasteiger partial charge >= 0.3 is 12.4 Å². The Morgan fingerprint density at radius 1 is 1.00 bits per heavy atom. The molecule has 0 N–H and O–H groups in total. The highest BCUT2D eigenvalue weighted by Gasteiger charge is 2.37. The van der Waals surface area contributed by atoms with E-state index in [-0.39, 0.29) is 0 Å². The van der Waals surface area contributed by atoms with E-state index in [9.17, 15) is 26.3 Å². The first-order valence-electron chi connectivity index (χ1n) is 4.89. The summed E-state index contributed by atoms with van der Waals surface area (Å²) >= 11 is 0. The molecule has 0 atom stereocenters. The molecule has 0 bridgehead atoms. The Kier molecular flexibility index (Phi) is 3.74. The average molecular weight is 256 g/mol. The van der Waals surface area contributed by atoms with E-state index in [4.69, 9.17) is 0 Å². The Morgan fingerprint density at radius 2 is 1.59 bits per heavy atom. The highest BCUT2D eigenvalue weighted by molar-refractivity contribution is 5.34. The Morgan fingerprint density at radius 3 is 2.00 bits per heavy atom. The van der Waals surface area contributed by atoms with Crippen molar-refractivity contribution in [3.8, 4) is 0 Å². The predicted molar refractivity (Wildman–Crippen MR) is 50.6 cm³/mol. The lowest BCUT2D eigenvalue weighted by Gasteiger charge is -2.15. The molecule has 6 heteroatoms. The first kappa shape index (κ1) is 13.9. The molecule has 0 aromatic heterocycles. The van der Waals surface area contributed by atoms with Crippen LogP contribution in [-0.2, 0) is 19.0 Å². The molecule has 0 saturated carbocycles. The van der Waals surface area contributed by atoms with E-state index in [0.29, 0.717) is 12.0 Å². The zero-order valence-electron chi connectivity index (χ0n) is 8.91. The number of alkyl halides is 6. The number of rotatable bonds is 2. The number of benzene rings is 1.